The largest absolute Gasteiger partial charge is 0.476 e. The highest BCUT2D eigenvalue weighted by atomic mass is 19.1. The Hall–Kier alpha value is -2.84. The van der Waals surface area contributed by atoms with Crippen LogP contribution in [0.5, 0.6) is 0 Å². The highest BCUT2D eigenvalue weighted by molar-refractivity contribution is 5.86. The number of carbonyl (C=O) groups is 1. The third-order valence-corrected chi connectivity index (χ3v) is 2.67. The van der Waals surface area contributed by atoms with Crippen LogP contribution in [0.1, 0.15) is 23.1 Å². The summed E-state index contributed by atoms with van der Waals surface area (Å²) in [6.07, 6.45) is 0.181. The summed E-state index contributed by atoms with van der Waals surface area (Å²) in [4.78, 5) is 21.2. The molecule has 0 fully saturated rings. The second-order valence-corrected chi connectivity index (χ2v) is 3.82. The molecule has 0 saturated carbocycles. The number of carboxylic acids is 1. The van der Waals surface area contributed by atoms with Crippen molar-refractivity contribution in [1.29, 1.82) is 0 Å². The van der Waals surface area contributed by atoms with Gasteiger partial charge < -0.3 is 5.11 Å². The number of aromatic carboxylic acids is 1. The SMILES string of the molecule is CCc1c(C(=O)O)nnn1-c1c(F)cccc1[N+](=O)[O-]. The van der Waals surface area contributed by atoms with Crippen molar-refractivity contribution in [3.63, 3.8) is 0 Å². The van der Waals surface area contributed by atoms with E-state index < -0.39 is 28.1 Å². The van der Waals surface area contributed by atoms with E-state index in [1.165, 1.54) is 6.07 Å². The van der Waals surface area contributed by atoms with Gasteiger partial charge in [0.25, 0.3) is 5.69 Å². The van der Waals surface area contributed by atoms with Gasteiger partial charge in [0, 0.05) is 6.07 Å². The van der Waals surface area contributed by atoms with Gasteiger partial charge in [0.05, 0.1) is 10.6 Å². The Morgan fingerprint density at radius 3 is 2.80 bits per heavy atom. The molecule has 1 heterocycles. The number of hydrogen-bond donors (Lipinski definition) is 1. The maximum absolute atomic E-state index is 13.9. The second kappa shape index (κ2) is 5.03. The standard InChI is InChI=1S/C11H9FN4O4/c1-2-7-9(11(17)18)13-14-15(7)10-6(12)4-3-5-8(10)16(19)20/h3-5H,2H2,1H3,(H,17,18). The summed E-state index contributed by atoms with van der Waals surface area (Å²) in [7, 11) is 0. The molecule has 0 atom stereocenters. The maximum Gasteiger partial charge on any atom is 0.358 e. The van der Waals surface area contributed by atoms with Gasteiger partial charge in [0.1, 0.15) is 0 Å². The Bertz CT molecular complexity index is 698. The van der Waals surface area contributed by atoms with Gasteiger partial charge in [-0.1, -0.05) is 18.2 Å². The summed E-state index contributed by atoms with van der Waals surface area (Å²) in [5, 5.41) is 26.9. The molecule has 1 aromatic carbocycles. The number of nitrogens with zero attached hydrogens (tertiary/aromatic N) is 4. The first-order chi connectivity index (χ1) is 9.47. The number of rotatable bonds is 4. The zero-order chi connectivity index (χ0) is 14.9. The van der Waals surface area contributed by atoms with E-state index in [4.69, 9.17) is 5.11 Å². The molecule has 9 heteroatoms. The quantitative estimate of drug-likeness (QED) is 0.672. The van der Waals surface area contributed by atoms with Crippen LogP contribution < -0.4 is 0 Å². The summed E-state index contributed by atoms with van der Waals surface area (Å²) in [5.74, 6) is -2.21. The first kappa shape index (κ1) is 13.6. The van der Waals surface area contributed by atoms with Gasteiger partial charge >= 0.3 is 5.97 Å². The Balaban J connectivity index is 2.75. The Labute approximate surface area is 111 Å². The van der Waals surface area contributed by atoms with E-state index in [1.807, 2.05) is 0 Å². The van der Waals surface area contributed by atoms with Gasteiger partial charge in [0.15, 0.2) is 17.2 Å². The fraction of sp³-hybridized carbons (Fsp3) is 0.182. The van der Waals surface area contributed by atoms with Crippen LogP contribution in [0.4, 0.5) is 10.1 Å². The molecule has 0 spiro atoms. The number of hydrogen-bond acceptors (Lipinski definition) is 5. The average molecular weight is 280 g/mol. The van der Waals surface area contributed by atoms with E-state index in [1.54, 1.807) is 6.92 Å². The molecule has 0 unspecified atom stereocenters. The van der Waals surface area contributed by atoms with Gasteiger partial charge in [-0.25, -0.2) is 13.9 Å². The molecular formula is C11H9FN4O4. The van der Waals surface area contributed by atoms with Crippen LogP contribution in [0.15, 0.2) is 18.2 Å². The molecular weight excluding hydrogens is 271 g/mol. The van der Waals surface area contributed by atoms with E-state index >= 15 is 0 Å². The summed E-state index contributed by atoms with van der Waals surface area (Å²) >= 11 is 0. The molecule has 1 aromatic heterocycles. The zero-order valence-corrected chi connectivity index (χ0v) is 10.3. The molecule has 0 aliphatic rings. The van der Waals surface area contributed by atoms with Crippen LogP contribution in [0.2, 0.25) is 0 Å². The molecule has 0 radical (unpaired) electrons. The maximum atomic E-state index is 13.9. The number of carboxylic acid groups (broad SMARTS) is 1. The zero-order valence-electron chi connectivity index (χ0n) is 10.3. The summed E-state index contributed by atoms with van der Waals surface area (Å²) in [5.41, 5.74) is -1.20. The lowest BCUT2D eigenvalue weighted by Gasteiger charge is -2.06. The lowest BCUT2D eigenvalue weighted by Crippen LogP contribution is -2.09. The second-order valence-electron chi connectivity index (χ2n) is 3.82. The monoisotopic (exact) mass is 280 g/mol. The molecule has 1 N–H and O–H groups in total. The molecule has 0 bridgehead atoms. The molecule has 0 aliphatic carbocycles. The van der Waals surface area contributed by atoms with Crippen LogP contribution in [-0.4, -0.2) is 31.0 Å². The minimum Gasteiger partial charge on any atom is -0.476 e. The van der Waals surface area contributed by atoms with Crippen LogP contribution in [0.25, 0.3) is 5.69 Å². The Morgan fingerprint density at radius 1 is 1.55 bits per heavy atom. The minimum absolute atomic E-state index is 0.0886. The lowest BCUT2D eigenvalue weighted by molar-refractivity contribution is -0.384. The Kier molecular flexibility index (Phi) is 3.42. The average Bonchev–Trinajstić information content (AvgIpc) is 2.81. The number of benzene rings is 1. The first-order valence-electron chi connectivity index (χ1n) is 5.58. The van der Waals surface area contributed by atoms with Crippen LogP contribution in [0, 0.1) is 15.9 Å². The molecule has 104 valence electrons. The van der Waals surface area contributed by atoms with Crippen molar-refractivity contribution < 1.29 is 19.2 Å². The van der Waals surface area contributed by atoms with E-state index in [0.29, 0.717) is 0 Å². The number of nitro groups is 1. The summed E-state index contributed by atoms with van der Waals surface area (Å²) in [6.45, 7) is 1.62. The van der Waals surface area contributed by atoms with Gasteiger partial charge in [-0.05, 0) is 12.5 Å². The van der Waals surface area contributed by atoms with Crippen molar-refractivity contribution in [2.45, 2.75) is 13.3 Å². The van der Waals surface area contributed by atoms with E-state index in [0.717, 1.165) is 16.8 Å². The molecule has 0 aliphatic heterocycles. The van der Waals surface area contributed by atoms with Crippen LogP contribution in [0.3, 0.4) is 0 Å². The van der Waals surface area contributed by atoms with Crippen molar-refractivity contribution in [3.8, 4) is 5.69 Å². The minimum atomic E-state index is -1.33. The highest BCUT2D eigenvalue weighted by Gasteiger charge is 2.26. The third-order valence-electron chi connectivity index (χ3n) is 2.67. The predicted octanol–water partition coefficient (Wildman–Crippen LogP) is 1.58. The molecule has 0 saturated heterocycles. The lowest BCUT2D eigenvalue weighted by atomic mass is 10.2. The predicted molar refractivity (Wildman–Crippen MR) is 64.3 cm³/mol. The van der Waals surface area contributed by atoms with Crippen LogP contribution >= 0.6 is 0 Å². The van der Waals surface area contributed by atoms with Gasteiger partial charge in [0.2, 0.25) is 0 Å². The molecule has 0 amide bonds. The van der Waals surface area contributed by atoms with Crippen LogP contribution in [-0.2, 0) is 6.42 Å². The van der Waals surface area contributed by atoms with Gasteiger partial charge in [-0.15, -0.1) is 5.10 Å². The topological polar surface area (TPSA) is 111 Å². The normalized spacial score (nSPS) is 10.5. The smallest absolute Gasteiger partial charge is 0.358 e. The van der Waals surface area contributed by atoms with E-state index in [-0.39, 0.29) is 17.8 Å². The van der Waals surface area contributed by atoms with E-state index in [9.17, 15) is 19.3 Å². The van der Waals surface area contributed by atoms with E-state index in [2.05, 4.69) is 10.3 Å². The number of para-hydroxylation sites is 1. The molecule has 8 nitrogen and oxygen atoms in total. The van der Waals surface area contributed by atoms with Gasteiger partial charge in [-0.2, -0.15) is 0 Å². The van der Waals surface area contributed by atoms with Crippen molar-refractivity contribution >= 4 is 11.7 Å². The summed E-state index contributed by atoms with van der Waals surface area (Å²) in [6, 6.07) is 3.33. The van der Waals surface area contributed by atoms with Crippen molar-refractivity contribution in [3.05, 3.63) is 45.5 Å². The fourth-order valence-corrected chi connectivity index (χ4v) is 1.83. The third kappa shape index (κ3) is 2.09. The number of aromatic nitrogens is 3. The highest BCUT2D eigenvalue weighted by Crippen LogP contribution is 2.26. The number of halogens is 1. The molecule has 20 heavy (non-hydrogen) atoms. The fourth-order valence-electron chi connectivity index (χ4n) is 1.83. The van der Waals surface area contributed by atoms with Crippen molar-refractivity contribution in [2.24, 2.45) is 0 Å². The Morgan fingerprint density at radius 2 is 2.25 bits per heavy atom. The van der Waals surface area contributed by atoms with Crippen molar-refractivity contribution in [1.82, 2.24) is 15.0 Å². The molecule has 2 aromatic rings. The first-order valence-corrected chi connectivity index (χ1v) is 5.58. The van der Waals surface area contributed by atoms with Gasteiger partial charge in [-0.3, -0.25) is 10.1 Å². The number of nitro benzene ring substituents is 1. The summed E-state index contributed by atoms with van der Waals surface area (Å²) < 4.78 is 14.7. The molecule has 2 rings (SSSR count). The van der Waals surface area contributed by atoms with Crippen molar-refractivity contribution in [2.75, 3.05) is 0 Å².